The predicted molar refractivity (Wildman–Crippen MR) is 121 cm³/mol. The van der Waals surface area contributed by atoms with Gasteiger partial charge in [-0.25, -0.2) is 4.79 Å². The third-order valence-electron chi connectivity index (χ3n) is 4.39. The van der Waals surface area contributed by atoms with E-state index in [0.717, 1.165) is 35.1 Å². The average molecular weight is 402 g/mol. The number of fused-ring (bicyclic) bond motifs is 1. The monoisotopic (exact) mass is 402 g/mol. The topological polar surface area (TPSA) is 59.6 Å². The zero-order valence-corrected chi connectivity index (χ0v) is 17.1. The zero-order chi connectivity index (χ0) is 21.0. The second kappa shape index (κ2) is 11.4. The SMILES string of the molecule is CCCCOc1ccc(NC(=O)NCC#CCOc2cccc3ccccc23)cc1. The van der Waals surface area contributed by atoms with E-state index < -0.39 is 0 Å². The third kappa shape index (κ3) is 6.46. The number of nitrogens with one attached hydrogen (secondary N) is 2. The highest BCUT2D eigenvalue weighted by atomic mass is 16.5. The van der Waals surface area contributed by atoms with Crippen LogP contribution in [-0.4, -0.2) is 25.8 Å². The van der Waals surface area contributed by atoms with Crippen molar-refractivity contribution in [3.05, 3.63) is 66.7 Å². The first-order valence-electron chi connectivity index (χ1n) is 10.1. The van der Waals surface area contributed by atoms with Crippen LogP contribution in [0.15, 0.2) is 66.7 Å². The van der Waals surface area contributed by atoms with Gasteiger partial charge in [-0.3, -0.25) is 0 Å². The van der Waals surface area contributed by atoms with Gasteiger partial charge in [0.05, 0.1) is 13.2 Å². The molecule has 0 radical (unpaired) electrons. The van der Waals surface area contributed by atoms with Gasteiger partial charge in [0, 0.05) is 11.1 Å². The van der Waals surface area contributed by atoms with Crippen LogP contribution in [0.3, 0.4) is 0 Å². The summed E-state index contributed by atoms with van der Waals surface area (Å²) in [6, 6.07) is 21.0. The van der Waals surface area contributed by atoms with E-state index in [4.69, 9.17) is 9.47 Å². The lowest BCUT2D eigenvalue weighted by molar-refractivity contribution is 0.253. The molecule has 0 saturated heterocycles. The lowest BCUT2D eigenvalue weighted by Crippen LogP contribution is -2.28. The van der Waals surface area contributed by atoms with Crippen molar-refractivity contribution in [3.8, 4) is 23.3 Å². The number of hydrogen-bond acceptors (Lipinski definition) is 3. The van der Waals surface area contributed by atoms with E-state index in [0.29, 0.717) is 12.3 Å². The molecule has 0 unspecified atom stereocenters. The Morgan fingerprint density at radius 3 is 2.57 bits per heavy atom. The van der Waals surface area contributed by atoms with E-state index in [1.54, 1.807) is 0 Å². The molecule has 0 spiro atoms. The van der Waals surface area contributed by atoms with Crippen molar-refractivity contribution in [1.82, 2.24) is 5.32 Å². The maximum Gasteiger partial charge on any atom is 0.319 e. The molecule has 5 nitrogen and oxygen atoms in total. The number of carbonyl (C=O) groups excluding carboxylic acids is 1. The molecule has 3 rings (SSSR count). The Morgan fingerprint density at radius 1 is 0.933 bits per heavy atom. The summed E-state index contributed by atoms with van der Waals surface area (Å²) < 4.78 is 11.4. The molecule has 3 aromatic rings. The quantitative estimate of drug-likeness (QED) is 0.401. The number of anilines is 1. The van der Waals surface area contributed by atoms with E-state index >= 15 is 0 Å². The standard InChI is InChI=1S/C25H26N2O3/c1-2-3-18-29-22-15-13-21(14-16-22)27-25(28)26-17-6-7-19-30-24-12-8-10-20-9-4-5-11-23(20)24/h4-5,8-16H,2-3,17-19H2,1H3,(H2,26,27,28). The van der Waals surface area contributed by atoms with Gasteiger partial charge in [-0.2, -0.15) is 0 Å². The minimum absolute atomic E-state index is 0.239. The highest BCUT2D eigenvalue weighted by Crippen LogP contribution is 2.24. The highest BCUT2D eigenvalue weighted by molar-refractivity contribution is 5.89. The van der Waals surface area contributed by atoms with Crippen LogP contribution in [0.2, 0.25) is 0 Å². The second-order valence-electron chi connectivity index (χ2n) is 6.65. The first-order valence-corrected chi connectivity index (χ1v) is 10.1. The molecule has 2 amide bonds. The van der Waals surface area contributed by atoms with Gasteiger partial charge in [0.1, 0.15) is 18.1 Å². The van der Waals surface area contributed by atoms with Crippen LogP contribution >= 0.6 is 0 Å². The van der Waals surface area contributed by atoms with E-state index in [1.165, 1.54) is 0 Å². The van der Waals surface area contributed by atoms with E-state index in [-0.39, 0.29) is 19.2 Å². The number of unbranched alkanes of at least 4 members (excludes halogenated alkanes) is 1. The number of benzene rings is 3. The Hall–Kier alpha value is -3.65. The Bertz CT molecular complexity index is 1010. The van der Waals surface area contributed by atoms with Crippen LogP contribution in [-0.2, 0) is 0 Å². The Balaban J connectivity index is 1.38. The first-order chi connectivity index (χ1) is 14.8. The number of hydrogen-bond donors (Lipinski definition) is 2. The lowest BCUT2D eigenvalue weighted by atomic mass is 10.1. The van der Waals surface area contributed by atoms with Gasteiger partial charge in [0.15, 0.2) is 0 Å². The molecule has 154 valence electrons. The van der Waals surface area contributed by atoms with Crippen LogP contribution < -0.4 is 20.1 Å². The summed E-state index contributed by atoms with van der Waals surface area (Å²) in [5.74, 6) is 7.41. The number of ether oxygens (including phenoxy) is 2. The molecule has 0 aromatic heterocycles. The molecule has 0 atom stereocenters. The summed E-state index contributed by atoms with van der Waals surface area (Å²) in [6.07, 6.45) is 2.12. The van der Waals surface area contributed by atoms with Crippen molar-refractivity contribution in [2.45, 2.75) is 19.8 Å². The van der Waals surface area contributed by atoms with Crippen LogP contribution in [0.25, 0.3) is 10.8 Å². The minimum atomic E-state index is -0.307. The van der Waals surface area contributed by atoms with Gasteiger partial charge < -0.3 is 20.1 Å². The fraction of sp³-hybridized carbons (Fsp3) is 0.240. The number of amides is 2. The molecule has 0 bridgehead atoms. The van der Waals surface area contributed by atoms with Gasteiger partial charge in [-0.05, 0) is 42.1 Å². The Morgan fingerprint density at radius 2 is 1.73 bits per heavy atom. The maximum absolute atomic E-state index is 12.0. The van der Waals surface area contributed by atoms with Crippen molar-refractivity contribution in [1.29, 1.82) is 0 Å². The fourth-order valence-electron chi connectivity index (χ4n) is 2.82. The zero-order valence-electron chi connectivity index (χ0n) is 17.1. The number of carbonyl (C=O) groups is 1. The molecule has 3 aromatic carbocycles. The molecule has 0 heterocycles. The Kier molecular flexibility index (Phi) is 7.99. The lowest BCUT2D eigenvalue weighted by Gasteiger charge is -2.08. The minimum Gasteiger partial charge on any atom is -0.494 e. The van der Waals surface area contributed by atoms with E-state index in [9.17, 15) is 4.79 Å². The van der Waals surface area contributed by atoms with Crippen molar-refractivity contribution in [2.75, 3.05) is 25.1 Å². The van der Waals surface area contributed by atoms with Crippen LogP contribution in [0.4, 0.5) is 10.5 Å². The highest BCUT2D eigenvalue weighted by Gasteiger charge is 2.01. The molecule has 2 N–H and O–H groups in total. The summed E-state index contributed by atoms with van der Waals surface area (Å²) in [7, 11) is 0. The number of urea groups is 1. The molecule has 5 heteroatoms. The van der Waals surface area contributed by atoms with Gasteiger partial charge in [-0.1, -0.05) is 61.6 Å². The molecule has 0 aliphatic heterocycles. The molecular weight excluding hydrogens is 376 g/mol. The summed E-state index contributed by atoms with van der Waals surface area (Å²) in [6.45, 7) is 3.32. The van der Waals surface area contributed by atoms with Gasteiger partial charge in [0.25, 0.3) is 0 Å². The van der Waals surface area contributed by atoms with E-state index in [1.807, 2.05) is 66.7 Å². The number of rotatable bonds is 8. The van der Waals surface area contributed by atoms with E-state index in [2.05, 4.69) is 29.4 Å². The maximum atomic E-state index is 12.0. The summed E-state index contributed by atoms with van der Waals surface area (Å²) in [4.78, 5) is 12.0. The van der Waals surface area contributed by atoms with Crippen LogP contribution in [0, 0.1) is 11.8 Å². The predicted octanol–water partition coefficient (Wildman–Crippen LogP) is 5.22. The average Bonchev–Trinajstić information content (AvgIpc) is 2.77. The summed E-state index contributed by atoms with van der Waals surface area (Å²) in [5, 5.41) is 7.66. The largest absolute Gasteiger partial charge is 0.494 e. The normalized spacial score (nSPS) is 10.0. The fourth-order valence-corrected chi connectivity index (χ4v) is 2.82. The summed E-state index contributed by atoms with van der Waals surface area (Å²) >= 11 is 0. The molecule has 0 saturated carbocycles. The van der Waals surface area contributed by atoms with Gasteiger partial charge in [0.2, 0.25) is 0 Å². The molecule has 30 heavy (non-hydrogen) atoms. The third-order valence-corrected chi connectivity index (χ3v) is 4.39. The van der Waals surface area contributed by atoms with Crippen LogP contribution in [0.5, 0.6) is 11.5 Å². The Labute approximate surface area is 177 Å². The molecule has 0 aliphatic rings. The van der Waals surface area contributed by atoms with Crippen molar-refractivity contribution >= 4 is 22.5 Å². The van der Waals surface area contributed by atoms with Gasteiger partial charge >= 0.3 is 6.03 Å². The smallest absolute Gasteiger partial charge is 0.319 e. The second-order valence-corrected chi connectivity index (χ2v) is 6.65. The molecule has 0 fully saturated rings. The van der Waals surface area contributed by atoms with Gasteiger partial charge in [-0.15, -0.1) is 0 Å². The summed E-state index contributed by atoms with van der Waals surface area (Å²) in [5.41, 5.74) is 0.697. The first kappa shape index (κ1) is 21.1. The van der Waals surface area contributed by atoms with Crippen LogP contribution in [0.1, 0.15) is 19.8 Å². The molecule has 0 aliphatic carbocycles. The van der Waals surface area contributed by atoms with Crippen molar-refractivity contribution in [2.24, 2.45) is 0 Å². The molecular formula is C25H26N2O3. The van der Waals surface area contributed by atoms with Crippen molar-refractivity contribution < 1.29 is 14.3 Å². The van der Waals surface area contributed by atoms with Crippen molar-refractivity contribution in [3.63, 3.8) is 0 Å².